The van der Waals surface area contributed by atoms with Crippen LogP contribution in [-0.4, -0.2) is 57.1 Å². The second-order valence-electron chi connectivity index (χ2n) is 10.8. The van der Waals surface area contributed by atoms with E-state index >= 15 is 0 Å². The van der Waals surface area contributed by atoms with E-state index in [1.165, 1.54) is 10.9 Å². The molecule has 2 heterocycles. The third-order valence-electron chi connectivity index (χ3n) is 6.28. The van der Waals surface area contributed by atoms with E-state index in [-0.39, 0.29) is 26.3 Å². The SMILES string of the molecule is CC(C)(C)[Si](C)(C)OC(COS(C)(C)C(C)(C)C)c1cnn(-c2ncc([N+](=O)[O-])cc2Cl)n1. The van der Waals surface area contributed by atoms with Gasteiger partial charge in [0, 0.05) is 10.8 Å². The molecule has 1 atom stereocenters. The van der Waals surface area contributed by atoms with Gasteiger partial charge in [-0.05, 0) is 30.6 Å². The van der Waals surface area contributed by atoms with Crippen molar-refractivity contribution in [3.05, 3.63) is 39.3 Å². The molecule has 2 aromatic heterocycles. The number of pyridine rings is 1. The molecule has 0 spiro atoms. The first-order chi connectivity index (χ1) is 14.9. The fourth-order valence-corrected chi connectivity index (χ4v) is 4.62. The van der Waals surface area contributed by atoms with Gasteiger partial charge in [-0.15, -0.1) is 20.2 Å². The Labute approximate surface area is 204 Å². The van der Waals surface area contributed by atoms with E-state index in [2.05, 4.69) is 82.3 Å². The van der Waals surface area contributed by atoms with Crippen LogP contribution >= 0.6 is 21.9 Å². The maximum atomic E-state index is 11.0. The minimum Gasteiger partial charge on any atom is -0.406 e. The first-order valence-corrected chi connectivity index (χ1v) is 16.3. The molecule has 2 aromatic rings. The fourth-order valence-electron chi connectivity index (χ4n) is 2.31. The van der Waals surface area contributed by atoms with E-state index in [1.54, 1.807) is 6.20 Å². The summed E-state index contributed by atoms with van der Waals surface area (Å²) in [5.41, 5.74) is 0.399. The smallest absolute Gasteiger partial charge is 0.289 e. The van der Waals surface area contributed by atoms with Crippen LogP contribution in [0.1, 0.15) is 53.3 Å². The monoisotopic (exact) mass is 517 g/mol. The lowest BCUT2D eigenvalue weighted by atomic mass is 10.2. The Kier molecular flexibility index (Phi) is 8.07. The summed E-state index contributed by atoms with van der Waals surface area (Å²) in [7, 11) is -3.53. The first kappa shape index (κ1) is 27.7. The van der Waals surface area contributed by atoms with Crippen molar-refractivity contribution in [2.24, 2.45) is 0 Å². The summed E-state index contributed by atoms with van der Waals surface area (Å²) in [5.74, 6) is 0.209. The van der Waals surface area contributed by atoms with Gasteiger partial charge in [0.15, 0.2) is 14.1 Å². The van der Waals surface area contributed by atoms with E-state index < -0.39 is 29.7 Å². The van der Waals surface area contributed by atoms with Crippen molar-refractivity contribution in [1.82, 2.24) is 20.0 Å². The van der Waals surface area contributed by atoms with Crippen LogP contribution in [0.3, 0.4) is 0 Å². The van der Waals surface area contributed by atoms with Crippen LogP contribution in [0.4, 0.5) is 5.69 Å². The highest BCUT2D eigenvalue weighted by molar-refractivity contribution is 8.29. The van der Waals surface area contributed by atoms with Crippen LogP contribution in [0.2, 0.25) is 23.2 Å². The van der Waals surface area contributed by atoms with Crippen LogP contribution in [0, 0.1) is 10.1 Å². The zero-order valence-electron chi connectivity index (χ0n) is 21.2. The van der Waals surface area contributed by atoms with Crippen LogP contribution in [0.25, 0.3) is 5.82 Å². The number of rotatable bonds is 8. The Morgan fingerprint density at radius 1 is 1.21 bits per heavy atom. The Bertz CT molecular complexity index is 1000. The highest BCUT2D eigenvalue weighted by atomic mass is 35.5. The molecule has 0 radical (unpaired) electrons. The molecule has 0 saturated heterocycles. The molecular weight excluding hydrogens is 482 g/mol. The predicted octanol–water partition coefficient (Wildman–Crippen LogP) is 6.08. The van der Waals surface area contributed by atoms with Crippen LogP contribution in [-0.2, 0) is 8.61 Å². The average molecular weight is 518 g/mol. The summed E-state index contributed by atoms with van der Waals surface area (Å²) in [5, 5.41) is 19.9. The van der Waals surface area contributed by atoms with Crippen LogP contribution in [0.15, 0.2) is 18.5 Å². The summed E-state index contributed by atoms with van der Waals surface area (Å²) < 4.78 is 13.1. The quantitative estimate of drug-likeness (QED) is 0.237. The second kappa shape index (κ2) is 9.61. The average Bonchev–Trinajstić information content (AvgIpc) is 3.12. The van der Waals surface area contributed by atoms with Gasteiger partial charge in [0.2, 0.25) is 0 Å². The zero-order valence-corrected chi connectivity index (χ0v) is 23.7. The number of nitro groups is 1. The highest BCUT2D eigenvalue weighted by Crippen LogP contribution is 2.54. The van der Waals surface area contributed by atoms with E-state index in [9.17, 15) is 10.1 Å². The van der Waals surface area contributed by atoms with E-state index in [0.717, 1.165) is 6.20 Å². The van der Waals surface area contributed by atoms with Crippen molar-refractivity contribution in [1.29, 1.82) is 0 Å². The van der Waals surface area contributed by atoms with Crippen molar-refractivity contribution < 1.29 is 13.5 Å². The lowest BCUT2D eigenvalue weighted by molar-refractivity contribution is -0.385. The number of aromatic nitrogens is 4. The lowest BCUT2D eigenvalue weighted by Gasteiger charge is -2.45. The van der Waals surface area contributed by atoms with Gasteiger partial charge in [0.05, 0.1) is 22.7 Å². The molecule has 0 aliphatic carbocycles. The molecule has 1 unspecified atom stereocenters. The number of nitrogens with zero attached hydrogens (tertiary/aromatic N) is 5. The summed E-state index contributed by atoms with van der Waals surface area (Å²) >= 11 is 6.22. The highest BCUT2D eigenvalue weighted by Gasteiger charge is 2.41. The molecule has 0 aromatic carbocycles. The van der Waals surface area contributed by atoms with E-state index in [0.29, 0.717) is 12.3 Å². The molecule has 9 nitrogen and oxygen atoms in total. The normalized spacial score (nSPS) is 14.9. The third kappa shape index (κ3) is 6.53. The zero-order chi connectivity index (χ0) is 25.4. The summed E-state index contributed by atoms with van der Waals surface area (Å²) in [6, 6.07) is 1.23. The van der Waals surface area contributed by atoms with Gasteiger partial charge in [-0.2, -0.15) is 5.10 Å². The van der Waals surface area contributed by atoms with Crippen molar-refractivity contribution in [2.45, 2.75) is 70.5 Å². The molecule has 186 valence electrons. The van der Waals surface area contributed by atoms with Gasteiger partial charge in [-0.1, -0.05) is 53.1 Å². The fraction of sp³-hybridized carbons (Fsp3) is 0.667. The molecule has 12 heteroatoms. The van der Waals surface area contributed by atoms with Gasteiger partial charge in [-0.25, -0.2) is 4.98 Å². The molecular formula is C21H36ClN5O4SSi. The number of hydrogen-bond acceptors (Lipinski definition) is 7. The Hall–Kier alpha value is -1.53. The molecule has 2 rings (SSSR count). The molecule has 0 fully saturated rings. The van der Waals surface area contributed by atoms with E-state index in [1.807, 2.05) is 0 Å². The Balaban J connectivity index is 2.40. The van der Waals surface area contributed by atoms with E-state index in [4.69, 9.17) is 20.2 Å². The van der Waals surface area contributed by atoms with Crippen molar-refractivity contribution in [3.63, 3.8) is 0 Å². The third-order valence-corrected chi connectivity index (χ3v) is 14.7. The largest absolute Gasteiger partial charge is 0.406 e. The lowest BCUT2D eigenvalue weighted by Crippen LogP contribution is -2.43. The van der Waals surface area contributed by atoms with Crippen molar-refractivity contribution in [3.8, 4) is 5.82 Å². The van der Waals surface area contributed by atoms with Crippen LogP contribution in [0.5, 0.6) is 0 Å². The molecule has 0 amide bonds. The molecule has 33 heavy (non-hydrogen) atoms. The summed E-state index contributed by atoms with van der Waals surface area (Å²) in [6.45, 7) is 17.8. The molecule has 0 bridgehead atoms. The van der Waals surface area contributed by atoms with Crippen LogP contribution < -0.4 is 0 Å². The van der Waals surface area contributed by atoms with Gasteiger partial charge < -0.3 is 8.61 Å². The maximum absolute atomic E-state index is 11.0. The number of halogens is 1. The molecule has 0 saturated carbocycles. The topological polar surface area (TPSA) is 105 Å². The minimum absolute atomic E-state index is 0.00232. The van der Waals surface area contributed by atoms with Crippen molar-refractivity contribution >= 4 is 35.9 Å². The Morgan fingerprint density at radius 2 is 1.82 bits per heavy atom. The molecule has 0 N–H and O–H groups in total. The van der Waals surface area contributed by atoms with Gasteiger partial charge in [0.25, 0.3) is 5.69 Å². The molecule has 0 aliphatic heterocycles. The first-order valence-electron chi connectivity index (χ1n) is 10.6. The van der Waals surface area contributed by atoms with Gasteiger partial charge in [-0.3, -0.25) is 10.1 Å². The predicted molar refractivity (Wildman–Crippen MR) is 137 cm³/mol. The van der Waals surface area contributed by atoms with Crippen molar-refractivity contribution in [2.75, 3.05) is 19.1 Å². The van der Waals surface area contributed by atoms with Gasteiger partial charge in [0.1, 0.15) is 18.0 Å². The Morgan fingerprint density at radius 3 is 2.30 bits per heavy atom. The molecule has 0 aliphatic rings. The number of hydrogen-bond donors (Lipinski definition) is 0. The standard InChI is InChI=1S/C21H36ClN5O4SSi/c1-20(2,3)32(7,8)30-14-18(31-33(9,10)21(4,5)6)17-13-24-26(25-17)19-16(22)11-15(12-23-19)27(28)29/h11-13,18H,14H2,1-10H3. The minimum atomic E-state index is -2.16. The maximum Gasteiger partial charge on any atom is 0.289 e. The second-order valence-corrected chi connectivity index (χ2v) is 19.9. The summed E-state index contributed by atoms with van der Waals surface area (Å²) in [6.07, 6.45) is 6.61. The van der Waals surface area contributed by atoms with Gasteiger partial charge >= 0.3 is 0 Å². The summed E-state index contributed by atoms with van der Waals surface area (Å²) in [4.78, 5) is 15.8.